The Balaban J connectivity index is 2.37. The predicted molar refractivity (Wildman–Crippen MR) is 79.7 cm³/mol. The molecule has 3 N–H and O–H groups in total. The zero-order chi connectivity index (χ0) is 13.7. The monoisotopic (exact) mass is 274 g/mol. The number of hydrogen-bond donors (Lipinski definition) is 2. The maximum Gasteiger partial charge on any atom is 0.291 e. The van der Waals surface area contributed by atoms with Gasteiger partial charge >= 0.3 is 0 Å². The van der Waals surface area contributed by atoms with Crippen molar-refractivity contribution in [3.63, 3.8) is 0 Å². The van der Waals surface area contributed by atoms with E-state index in [9.17, 15) is 4.79 Å². The van der Waals surface area contributed by atoms with E-state index in [0.29, 0.717) is 23.8 Å². The maximum absolute atomic E-state index is 11.9. The van der Waals surface area contributed by atoms with Crippen molar-refractivity contribution in [1.29, 1.82) is 0 Å². The number of hydrogen-bond acceptors (Lipinski definition) is 4. The SMILES string of the molecule is NC(=S)CCN(c1ccccc1)c1ncc[nH]c1=O. The lowest BCUT2D eigenvalue weighted by Gasteiger charge is -2.22. The molecule has 2 aromatic rings. The summed E-state index contributed by atoms with van der Waals surface area (Å²) in [5, 5.41) is 0. The number of nitrogens with one attached hydrogen (secondary N) is 1. The summed E-state index contributed by atoms with van der Waals surface area (Å²) in [6.07, 6.45) is 3.57. The number of rotatable bonds is 5. The average molecular weight is 274 g/mol. The summed E-state index contributed by atoms with van der Waals surface area (Å²) >= 11 is 4.89. The molecule has 0 aliphatic heterocycles. The summed E-state index contributed by atoms with van der Waals surface area (Å²) in [6.45, 7) is 0.513. The molecular formula is C13H14N4OS. The topological polar surface area (TPSA) is 75.0 Å². The van der Waals surface area contributed by atoms with E-state index in [1.165, 1.54) is 6.20 Å². The van der Waals surface area contributed by atoms with Gasteiger partial charge in [-0.2, -0.15) is 0 Å². The summed E-state index contributed by atoms with van der Waals surface area (Å²) in [4.78, 5) is 20.8. The van der Waals surface area contributed by atoms with Gasteiger partial charge in [0, 0.05) is 31.0 Å². The van der Waals surface area contributed by atoms with Gasteiger partial charge in [0.25, 0.3) is 5.56 Å². The van der Waals surface area contributed by atoms with Crippen LogP contribution in [0.5, 0.6) is 0 Å². The van der Waals surface area contributed by atoms with Crippen molar-refractivity contribution in [2.24, 2.45) is 5.73 Å². The zero-order valence-corrected chi connectivity index (χ0v) is 11.1. The van der Waals surface area contributed by atoms with E-state index < -0.39 is 0 Å². The van der Waals surface area contributed by atoms with Crippen LogP contribution in [0.3, 0.4) is 0 Å². The van der Waals surface area contributed by atoms with Crippen LogP contribution in [0, 0.1) is 0 Å². The Kier molecular flexibility index (Phi) is 4.25. The Bertz CT molecular complexity index is 611. The number of aromatic amines is 1. The molecule has 0 bridgehead atoms. The smallest absolute Gasteiger partial charge is 0.291 e. The zero-order valence-electron chi connectivity index (χ0n) is 10.2. The molecule has 0 unspecified atom stereocenters. The summed E-state index contributed by atoms with van der Waals surface area (Å²) in [5.74, 6) is 0.338. The fourth-order valence-electron chi connectivity index (χ4n) is 1.72. The Hall–Kier alpha value is -2.21. The van der Waals surface area contributed by atoms with Crippen molar-refractivity contribution in [2.45, 2.75) is 6.42 Å². The minimum absolute atomic E-state index is 0.241. The van der Waals surface area contributed by atoms with Crippen LogP contribution < -0.4 is 16.2 Å². The molecule has 0 radical (unpaired) electrons. The molecule has 1 heterocycles. The Morgan fingerprint density at radius 1 is 1.37 bits per heavy atom. The number of benzene rings is 1. The molecule has 2 rings (SSSR count). The van der Waals surface area contributed by atoms with Crippen molar-refractivity contribution in [3.8, 4) is 0 Å². The Morgan fingerprint density at radius 2 is 2.11 bits per heavy atom. The summed E-state index contributed by atoms with van der Waals surface area (Å²) < 4.78 is 0. The molecule has 6 heteroatoms. The quantitative estimate of drug-likeness (QED) is 0.810. The number of H-pyrrole nitrogens is 1. The highest BCUT2D eigenvalue weighted by Gasteiger charge is 2.13. The highest BCUT2D eigenvalue weighted by molar-refractivity contribution is 7.80. The van der Waals surface area contributed by atoms with Crippen LogP contribution in [0.2, 0.25) is 0 Å². The second-order valence-corrected chi connectivity index (χ2v) is 4.47. The molecule has 98 valence electrons. The number of nitrogens with two attached hydrogens (primary N) is 1. The molecule has 0 atom stereocenters. The molecule has 0 fully saturated rings. The molecule has 0 saturated carbocycles. The second-order valence-electron chi connectivity index (χ2n) is 3.95. The minimum atomic E-state index is -0.241. The van der Waals surface area contributed by atoms with Gasteiger partial charge in [0.2, 0.25) is 0 Å². The van der Waals surface area contributed by atoms with Crippen LogP contribution >= 0.6 is 12.2 Å². The third-order valence-electron chi connectivity index (χ3n) is 2.59. The van der Waals surface area contributed by atoms with Crippen LogP contribution in [-0.2, 0) is 0 Å². The number of aromatic nitrogens is 2. The normalized spacial score (nSPS) is 10.1. The maximum atomic E-state index is 11.9. The van der Waals surface area contributed by atoms with Crippen LogP contribution in [0.4, 0.5) is 11.5 Å². The molecule has 0 spiro atoms. The first kappa shape index (κ1) is 13.2. The van der Waals surface area contributed by atoms with Gasteiger partial charge in [0.05, 0.1) is 4.99 Å². The first-order valence-electron chi connectivity index (χ1n) is 5.83. The third kappa shape index (κ3) is 3.38. The lowest BCUT2D eigenvalue weighted by atomic mass is 10.2. The van der Waals surface area contributed by atoms with Gasteiger partial charge < -0.3 is 15.6 Å². The van der Waals surface area contributed by atoms with E-state index in [1.54, 1.807) is 11.1 Å². The van der Waals surface area contributed by atoms with E-state index in [-0.39, 0.29) is 5.56 Å². The highest BCUT2D eigenvalue weighted by atomic mass is 32.1. The van der Waals surface area contributed by atoms with Crippen LogP contribution in [0.15, 0.2) is 47.5 Å². The van der Waals surface area contributed by atoms with E-state index in [0.717, 1.165) is 5.69 Å². The Morgan fingerprint density at radius 3 is 2.74 bits per heavy atom. The van der Waals surface area contributed by atoms with Crippen molar-refractivity contribution in [2.75, 3.05) is 11.4 Å². The molecule has 0 saturated heterocycles. The van der Waals surface area contributed by atoms with E-state index in [4.69, 9.17) is 18.0 Å². The molecule has 0 aliphatic rings. The van der Waals surface area contributed by atoms with Crippen LogP contribution in [0.25, 0.3) is 0 Å². The summed E-state index contributed by atoms with van der Waals surface area (Å²) in [5.41, 5.74) is 6.17. The van der Waals surface area contributed by atoms with Crippen LogP contribution in [-0.4, -0.2) is 21.5 Å². The van der Waals surface area contributed by atoms with Crippen molar-refractivity contribution < 1.29 is 0 Å². The first-order chi connectivity index (χ1) is 9.18. The van der Waals surface area contributed by atoms with Gasteiger partial charge in [0.1, 0.15) is 0 Å². The summed E-state index contributed by atoms with van der Waals surface area (Å²) in [7, 11) is 0. The van der Waals surface area contributed by atoms with Crippen LogP contribution in [0.1, 0.15) is 6.42 Å². The number of thiocarbonyl (C=S) groups is 1. The van der Waals surface area contributed by atoms with Gasteiger partial charge in [-0.05, 0) is 12.1 Å². The largest absolute Gasteiger partial charge is 0.393 e. The van der Waals surface area contributed by atoms with Crippen molar-refractivity contribution >= 4 is 28.7 Å². The van der Waals surface area contributed by atoms with Gasteiger partial charge in [-0.1, -0.05) is 30.4 Å². The molecule has 0 amide bonds. The molecule has 1 aromatic heterocycles. The Labute approximate surface area is 116 Å². The predicted octanol–water partition coefficient (Wildman–Crippen LogP) is 1.58. The molecular weight excluding hydrogens is 260 g/mol. The van der Waals surface area contributed by atoms with E-state index in [2.05, 4.69) is 9.97 Å². The number of para-hydroxylation sites is 1. The molecule has 5 nitrogen and oxygen atoms in total. The number of anilines is 2. The molecule has 1 aromatic carbocycles. The van der Waals surface area contributed by atoms with Gasteiger partial charge in [-0.3, -0.25) is 4.79 Å². The molecule has 19 heavy (non-hydrogen) atoms. The van der Waals surface area contributed by atoms with Crippen molar-refractivity contribution in [1.82, 2.24) is 9.97 Å². The van der Waals surface area contributed by atoms with E-state index in [1.807, 2.05) is 30.3 Å². The lowest BCUT2D eigenvalue weighted by molar-refractivity contribution is 0.922. The lowest BCUT2D eigenvalue weighted by Crippen LogP contribution is -2.29. The van der Waals surface area contributed by atoms with Gasteiger partial charge in [-0.15, -0.1) is 0 Å². The standard InChI is InChI=1S/C13H14N4OS/c14-11(19)6-9-17(10-4-2-1-3-5-10)12-13(18)16-8-7-15-12/h1-5,7-8H,6,9H2,(H2,14,19)(H,16,18). The fourth-order valence-corrected chi connectivity index (χ4v) is 1.81. The highest BCUT2D eigenvalue weighted by Crippen LogP contribution is 2.20. The number of nitrogens with zero attached hydrogens (tertiary/aromatic N) is 2. The fraction of sp³-hybridized carbons (Fsp3) is 0.154. The average Bonchev–Trinajstić information content (AvgIpc) is 2.42. The summed E-state index contributed by atoms with van der Waals surface area (Å²) in [6, 6.07) is 9.54. The third-order valence-corrected chi connectivity index (χ3v) is 2.80. The van der Waals surface area contributed by atoms with E-state index >= 15 is 0 Å². The minimum Gasteiger partial charge on any atom is -0.393 e. The van der Waals surface area contributed by atoms with Gasteiger partial charge in [0.15, 0.2) is 5.82 Å². The van der Waals surface area contributed by atoms with Gasteiger partial charge in [-0.25, -0.2) is 4.98 Å². The molecule has 0 aliphatic carbocycles. The first-order valence-corrected chi connectivity index (χ1v) is 6.24. The second kappa shape index (κ2) is 6.10. The van der Waals surface area contributed by atoms with Crippen molar-refractivity contribution in [3.05, 3.63) is 53.1 Å².